The predicted octanol–water partition coefficient (Wildman–Crippen LogP) is 3.30. The van der Waals surface area contributed by atoms with E-state index in [0.29, 0.717) is 18.0 Å². The summed E-state index contributed by atoms with van der Waals surface area (Å²) < 4.78 is 6.17. The number of nitrogens with zero attached hydrogens (tertiary/aromatic N) is 2. The zero-order chi connectivity index (χ0) is 19.3. The number of likely N-dealkylation sites (N-methyl/N-ethyl adjacent to an activating group) is 1. The minimum Gasteiger partial charge on any atom is -0.375 e. The van der Waals surface area contributed by atoms with Crippen molar-refractivity contribution < 1.29 is 9.53 Å². The lowest BCUT2D eigenvalue weighted by molar-refractivity contribution is -0.127. The summed E-state index contributed by atoms with van der Waals surface area (Å²) in [6.45, 7) is 3.33. The summed E-state index contributed by atoms with van der Waals surface area (Å²) in [5, 5.41) is 7.31. The topological polar surface area (TPSA) is 66.0 Å². The van der Waals surface area contributed by atoms with Gasteiger partial charge in [0.2, 0.25) is 5.91 Å². The lowest BCUT2D eigenvalue weighted by atomic mass is 9.86. The fraction of sp³-hybridized carbons (Fsp3) is 0.905. The molecule has 162 valence electrons. The summed E-state index contributed by atoms with van der Waals surface area (Å²) in [4.78, 5) is 18.3. The summed E-state index contributed by atoms with van der Waals surface area (Å²) in [5.74, 6) is 1.49. The highest BCUT2D eigenvalue weighted by atomic mass is 127. The van der Waals surface area contributed by atoms with E-state index in [2.05, 4.69) is 22.5 Å². The monoisotopic (exact) mass is 506 g/mol. The average molecular weight is 506 g/mol. The molecular weight excluding hydrogens is 467 g/mol. The van der Waals surface area contributed by atoms with Gasteiger partial charge in [0, 0.05) is 32.8 Å². The van der Waals surface area contributed by atoms with Gasteiger partial charge in [-0.15, -0.1) is 24.0 Å². The van der Waals surface area contributed by atoms with Crippen molar-refractivity contribution in [2.45, 2.75) is 88.8 Å². The molecule has 3 atom stereocenters. The number of amides is 1. The van der Waals surface area contributed by atoms with Gasteiger partial charge in [0.25, 0.3) is 0 Å². The van der Waals surface area contributed by atoms with Crippen LogP contribution in [0, 0.1) is 5.92 Å². The first kappa shape index (κ1) is 23.7. The second kappa shape index (κ2) is 11.0. The van der Waals surface area contributed by atoms with Gasteiger partial charge in [-0.2, -0.15) is 0 Å². The first-order valence-corrected chi connectivity index (χ1v) is 10.9. The molecule has 1 heterocycles. The normalized spacial score (nSPS) is 29.8. The van der Waals surface area contributed by atoms with Crippen molar-refractivity contribution in [3.05, 3.63) is 0 Å². The lowest BCUT2D eigenvalue weighted by Gasteiger charge is -2.39. The van der Waals surface area contributed by atoms with Gasteiger partial charge in [-0.3, -0.25) is 4.79 Å². The van der Waals surface area contributed by atoms with Crippen molar-refractivity contribution in [1.29, 1.82) is 0 Å². The summed E-state index contributed by atoms with van der Waals surface area (Å²) >= 11 is 0. The number of nitrogens with one attached hydrogen (secondary N) is 2. The highest BCUT2D eigenvalue weighted by molar-refractivity contribution is 14.0. The Morgan fingerprint density at radius 3 is 2.50 bits per heavy atom. The molecule has 1 spiro atoms. The quantitative estimate of drug-likeness (QED) is 0.349. The number of aliphatic imine (C=N–C) groups is 1. The standard InChI is InChI=1S/C21H38N4O2.HI/c1-16-8-4-5-9-18(16)24-20(22-15-19(26)25(2)3)23-17-10-13-27-21(14-17)11-6-7-12-21;/h16-18H,4-15H2,1-3H3,(H2,22,23,24);1H. The summed E-state index contributed by atoms with van der Waals surface area (Å²) in [7, 11) is 3.56. The minimum atomic E-state index is 0. The van der Waals surface area contributed by atoms with Gasteiger partial charge >= 0.3 is 0 Å². The van der Waals surface area contributed by atoms with Crippen molar-refractivity contribution >= 4 is 35.8 Å². The number of rotatable bonds is 4. The van der Waals surface area contributed by atoms with Crippen LogP contribution >= 0.6 is 24.0 Å². The first-order valence-electron chi connectivity index (χ1n) is 10.9. The van der Waals surface area contributed by atoms with Crippen molar-refractivity contribution in [1.82, 2.24) is 15.5 Å². The molecule has 7 heteroatoms. The largest absolute Gasteiger partial charge is 0.375 e. The van der Waals surface area contributed by atoms with Gasteiger partial charge < -0.3 is 20.3 Å². The van der Waals surface area contributed by atoms with Crippen molar-refractivity contribution in [3.8, 4) is 0 Å². The van der Waals surface area contributed by atoms with Crippen LogP contribution in [0.2, 0.25) is 0 Å². The number of hydrogen-bond donors (Lipinski definition) is 2. The van der Waals surface area contributed by atoms with Crippen LogP contribution < -0.4 is 10.6 Å². The van der Waals surface area contributed by atoms with E-state index in [-0.39, 0.29) is 42.0 Å². The molecule has 2 aliphatic carbocycles. The summed E-state index contributed by atoms with van der Waals surface area (Å²) in [6.07, 6.45) is 12.0. The average Bonchev–Trinajstić information content (AvgIpc) is 3.08. The zero-order valence-electron chi connectivity index (χ0n) is 17.8. The maximum absolute atomic E-state index is 12.0. The smallest absolute Gasteiger partial charge is 0.243 e. The lowest BCUT2D eigenvalue weighted by Crippen LogP contribution is -2.54. The molecule has 1 amide bonds. The molecule has 0 bridgehead atoms. The number of hydrogen-bond acceptors (Lipinski definition) is 3. The molecule has 3 unspecified atom stereocenters. The van der Waals surface area contributed by atoms with E-state index < -0.39 is 0 Å². The molecule has 3 rings (SSSR count). The number of halogens is 1. The van der Waals surface area contributed by atoms with Gasteiger partial charge in [0.15, 0.2) is 5.96 Å². The van der Waals surface area contributed by atoms with Crippen LogP contribution in [0.4, 0.5) is 0 Å². The molecule has 3 aliphatic rings. The molecule has 28 heavy (non-hydrogen) atoms. The van der Waals surface area contributed by atoms with E-state index >= 15 is 0 Å². The van der Waals surface area contributed by atoms with Crippen LogP contribution in [-0.2, 0) is 9.53 Å². The van der Waals surface area contributed by atoms with E-state index in [4.69, 9.17) is 4.74 Å². The van der Waals surface area contributed by atoms with E-state index in [0.717, 1.165) is 25.4 Å². The Bertz CT molecular complexity index is 534. The molecular formula is C21H39IN4O2. The van der Waals surface area contributed by atoms with Crippen LogP contribution in [0.3, 0.4) is 0 Å². The third-order valence-electron chi connectivity index (χ3n) is 6.65. The first-order chi connectivity index (χ1) is 13.0. The Hall–Kier alpha value is -0.570. The van der Waals surface area contributed by atoms with Crippen molar-refractivity contribution in [3.63, 3.8) is 0 Å². The van der Waals surface area contributed by atoms with E-state index in [1.54, 1.807) is 19.0 Å². The molecule has 0 aromatic heterocycles. The maximum atomic E-state index is 12.0. The van der Waals surface area contributed by atoms with Gasteiger partial charge in [-0.1, -0.05) is 32.6 Å². The van der Waals surface area contributed by atoms with E-state index in [1.807, 2.05) is 0 Å². The molecule has 3 fully saturated rings. The Morgan fingerprint density at radius 2 is 1.82 bits per heavy atom. The number of carbonyl (C=O) groups excluding carboxylic acids is 1. The SMILES string of the molecule is CC1CCCCC1NC(=NCC(=O)N(C)C)NC1CCOC2(CCCC2)C1.I. The van der Waals surface area contributed by atoms with E-state index in [9.17, 15) is 4.79 Å². The molecule has 0 radical (unpaired) electrons. The molecule has 1 aliphatic heterocycles. The fourth-order valence-electron chi connectivity index (χ4n) is 4.84. The Morgan fingerprint density at radius 1 is 1.11 bits per heavy atom. The van der Waals surface area contributed by atoms with Crippen LogP contribution in [-0.4, -0.2) is 61.7 Å². The number of ether oxygens (including phenoxy) is 1. The maximum Gasteiger partial charge on any atom is 0.243 e. The van der Waals surface area contributed by atoms with Gasteiger partial charge in [0.05, 0.1) is 5.60 Å². The highest BCUT2D eigenvalue weighted by Gasteiger charge is 2.40. The van der Waals surface area contributed by atoms with Crippen LogP contribution in [0.1, 0.15) is 71.1 Å². The zero-order valence-corrected chi connectivity index (χ0v) is 20.2. The van der Waals surface area contributed by atoms with Crippen LogP contribution in [0.25, 0.3) is 0 Å². The molecule has 0 aromatic carbocycles. The Labute approximate surface area is 187 Å². The molecule has 1 saturated heterocycles. The number of carbonyl (C=O) groups is 1. The molecule has 2 N–H and O–H groups in total. The highest BCUT2D eigenvalue weighted by Crippen LogP contribution is 2.40. The van der Waals surface area contributed by atoms with E-state index in [1.165, 1.54) is 51.4 Å². The van der Waals surface area contributed by atoms with Crippen LogP contribution in [0.15, 0.2) is 4.99 Å². The van der Waals surface area contributed by atoms with Gasteiger partial charge in [0.1, 0.15) is 6.54 Å². The fourth-order valence-corrected chi connectivity index (χ4v) is 4.84. The third kappa shape index (κ3) is 6.47. The van der Waals surface area contributed by atoms with Gasteiger partial charge in [-0.25, -0.2) is 4.99 Å². The van der Waals surface area contributed by atoms with Crippen molar-refractivity contribution in [2.24, 2.45) is 10.9 Å². The third-order valence-corrected chi connectivity index (χ3v) is 6.65. The predicted molar refractivity (Wildman–Crippen MR) is 124 cm³/mol. The minimum absolute atomic E-state index is 0. The number of guanidine groups is 1. The Balaban J connectivity index is 0.00000280. The van der Waals surface area contributed by atoms with Crippen molar-refractivity contribution in [2.75, 3.05) is 27.2 Å². The second-order valence-corrected chi connectivity index (χ2v) is 9.04. The molecule has 0 aromatic rings. The Kier molecular flexibility index (Phi) is 9.31. The molecule has 6 nitrogen and oxygen atoms in total. The van der Waals surface area contributed by atoms with Crippen LogP contribution in [0.5, 0.6) is 0 Å². The molecule has 2 saturated carbocycles. The summed E-state index contributed by atoms with van der Waals surface area (Å²) in [5.41, 5.74) is 0.0820. The summed E-state index contributed by atoms with van der Waals surface area (Å²) in [6, 6.07) is 0.816. The second-order valence-electron chi connectivity index (χ2n) is 9.04. The van der Waals surface area contributed by atoms with Gasteiger partial charge in [-0.05, 0) is 44.4 Å².